The van der Waals surface area contributed by atoms with E-state index in [0.717, 1.165) is 36.0 Å². The van der Waals surface area contributed by atoms with Gasteiger partial charge in [-0.15, -0.1) is 0 Å². The van der Waals surface area contributed by atoms with Crippen LogP contribution in [0.5, 0.6) is 0 Å². The Labute approximate surface area is 220 Å². The van der Waals surface area contributed by atoms with Gasteiger partial charge in [0.05, 0.1) is 39.8 Å². The lowest BCUT2D eigenvalue weighted by Gasteiger charge is -2.19. The van der Waals surface area contributed by atoms with Crippen LogP contribution in [0.3, 0.4) is 0 Å². The van der Waals surface area contributed by atoms with E-state index in [1.807, 2.05) is 27.7 Å². The van der Waals surface area contributed by atoms with E-state index in [-0.39, 0.29) is 28.9 Å². The minimum atomic E-state index is -3.34. The summed E-state index contributed by atoms with van der Waals surface area (Å²) in [5.41, 5.74) is 4.50. The van der Waals surface area contributed by atoms with Crippen LogP contribution in [0.4, 0.5) is 5.82 Å². The second-order valence-electron chi connectivity index (χ2n) is 9.80. The van der Waals surface area contributed by atoms with Gasteiger partial charge in [-0.1, -0.05) is 6.92 Å². The second-order valence-corrected chi connectivity index (χ2v) is 11.8. The summed E-state index contributed by atoms with van der Waals surface area (Å²) in [4.78, 5) is 41.2. The molecular formula is C26H30N8O3S. The van der Waals surface area contributed by atoms with Gasteiger partial charge in [-0.05, 0) is 52.2 Å². The predicted molar refractivity (Wildman–Crippen MR) is 144 cm³/mol. The zero-order valence-corrected chi connectivity index (χ0v) is 22.9. The number of fused-ring (bicyclic) bond motifs is 1. The number of sulfone groups is 1. The van der Waals surface area contributed by atoms with Gasteiger partial charge in [0.2, 0.25) is 0 Å². The van der Waals surface area contributed by atoms with E-state index < -0.39 is 9.84 Å². The zero-order chi connectivity index (χ0) is 27.2. The zero-order valence-electron chi connectivity index (χ0n) is 22.1. The summed E-state index contributed by atoms with van der Waals surface area (Å²) in [5, 5.41) is 3.08. The number of nitrogens with one attached hydrogen (secondary N) is 1. The maximum absolute atomic E-state index is 13.7. The third-order valence-corrected chi connectivity index (χ3v) is 7.96. The van der Waals surface area contributed by atoms with Crippen LogP contribution in [0.15, 0.2) is 34.3 Å². The minimum absolute atomic E-state index is 0.136. The maximum atomic E-state index is 13.7. The quantitative estimate of drug-likeness (QED) is 0.356. The minimum Gasteiger partial charge on any atom is -0.360 e. The normalized spacial score (nSPS) is 14.6. The summed E-state index contributed by atoms with van der Waals surface area (Å²) in [6.45, 7) is 7.97. The Morgan fingerprint density at radius 1 is 1.08 bits per heavy atom. The van der Waals surface area contributed by atoms with E-state index in [0.29, 0.717) is 40.7 Å². The molecule has 4 aromatic heterocycles. The Kier molecular flexibility index (Phi) is 6.68. The molecule has 1 atom stereocenters. The highest BCUT2D eigenvalue weighted by molar-refractivity contribution is 7.90. The van der Waals surface area contributed by atoms with E-state index in [4.69, 9.17) is 9.97 Å². The van der Waals surface area contributed by atoms with Crippen molar-refractivity contribution in [2.45, 2.75) is 70.4 Å². The molecule has 0 bridgehead atoms. The maximum Gasteiger partial charge on any atom is 0.295 e. The van der Waals surface area contributed by atoms with Crippen molar-refractivity contribution in [1.29, 1.82) is 0 Å². The van der Waals surface area contributed by atoms with Gasteiger partial charge >= 0.3 is 0 Å². The van der Waals surface area contributed by atoms with E-state index in [1.165, 1.54) is 12.3 Å². The molecule has 5 rings (SSSR count). The lowest BCUT2D eigenvalue weighted by Crippen LogP contribution is -2.29. The molecule has 198 valence electrons. The van der Waals surface area contributed by atoms with Gasteiger partial charge in [0.25, 0.3) is 5.56 Å². The van der Waals surface area contributed by atoms with Gasteiger partial charge in [-0.2, -0.15) is 0 Å². The molecule has 1 saturated carbocycles. The summed E-state index contributed by atoms with van der Waals surface area (Å²) in [6.07, 6.45) is 6.89. The first-order valence-corrected chi connectivity index (χ1v) is 14.5. The summed E-state index contributed by atoms with van der Waals surface area (Å²) in [5.74, 6) is 1.04. The fraction of sp³-hybridized carbons (Fsp3) is 0.423. The van der Waals surface area contributed by atoms with E-state index in [2.05, 4.69) is 25.3 Å². The molecule has 0 radical (unpaired) electrons. The smallest absolute Gasteiger partial charge is 0.295 e. The van der Waals surface area contributed by atoms with Crippen LogP contribution in [-0.4, -0.2) is 49.1 Å². The third kappa shape index (κ3) is 4.87. The van der Waals surface area contributed by atoms with Crippen molar-refractivity contribution in [3.8, 4) is 11.4 Å². The Morgan fingerprint density at radius 2 is 1.84 bits per heavy atom. The molecular weight excluding hydrogens is 504 g/mol. The predicted octanol–water partition coefficient (Wildman–Crippen LogP) is 3.52. The number of hydrogen-bond acceptors (Lipinski definition) is 10. The molecule has 0 aliphatic heterocycles. The Bertz CT molecular complexity index is 1700. The molecule has 1 aliphatic rings. The molecule has 1 N–H and O–H groups in total. The third-order valence-electron chi connectivity index (χ3n) is 6.86. The number of nitrogens with zero attached hydrogens (tertiary/aromatic N) is 7. The van der Waals surface area contributed by atoms with Crippen molar-refractivity contribution < 1.29 is 8.42 Å². The average molecular weight is 535 g/mol. The lowest BCUT2D eigenvalue weighted by molar-refractivity contribution is 0.526. The SMILES string of the molecule is CC[C@H](C)n1c(=O)c(NCc2ccc(S(C)(=O)=O)cn2)nc2c(C)nc(-c3c(C)ncnc3C3CC3)nc21. The molecule has 0 aromatic carbocycles. The number of aromatic nitrogens is 7. The largest absolute Gasteiger partial charge is 0.360 e. The molecule has 1 aliphatic carbocycles. The van der Waals surface area contributed by atoms with Gasteiger partial charge in [0.15, 0.2) is 27.1 Å². The highest BCUT2D eigenvalue weighted by Gasteiger charge is 2.30. The van der Waals surface area contributed by atoms with E-state index >= 15 is 0 Å². The molecule has 0 spiro atoms. The van der Waals surface area contributed by atoms with Crippen LogP contribution in [0.2, 0.25) is 0 Å². The van der Waals surface area contributed by atoms with Crippen molar-refractivity contribution >= 4 is 26.8 Å². The molecule has 0 saturated heterocycles. The number of pyridine rings is 1. The first-order valence-electron chi connectivity index (χ1n) is 12.6. The van der Waals surface area contributed by atoms with Crippen LogP contribution in [-0.2, 0) is 16.4 Å². The van der Waals surface area contributed by atoms with Crippen LogP contribution in [0.25, 0.3) is 22.6 Å². The van der Waals surface area contributed by atoms with Crippen LogP contribution >= 0.6 is 0 Å². The van der Waals surface area contributed by atoms with Crippen molar-refractivity contribution in [3.63, 3.8) is 0 Å². The lowest BCUT2D eigenvalue weighted by atomic mass is 10.1. The topological polar surface area (TPSA) is 146 Å². The first-order chi connectivity index (χ1) is 18.1. The highest BCUT2D eigenvalue weighted by Crippen LogP contribution is 2.43. The highest BCUT2D eigenvalue weighted by atomic mass is 32.2. The van der Waals surface area contributed by atoms with Crippen molar-refractivity contribution in [1.82, 2.24) is 34.5 Å². The molecule has 4 heterocycles. The van der Waals surface area contributed by atoms with Crippen LogP contribution in [0, 0.1) is 13.8 Å². The summed E-state index contributed by atoms with van der Waals surface area (Å²) in [6, 6.07) is 2.97. The molecule has 38 heavy (non-hydrogen) atoms. The molecule has 12 heteroatoms. The standard InChI is InChI=1S/C26H30N8O3S/c1-6-14(2)34-25-21(16(4)31-23(33-25)20-15(3)29-13-30-22(20)17-7-8-17)32-24(26(34)35)28-11-18-9-10-19(12-27-18)38(5,36)37/h9-10,12-14,17H,6-8,11H2,1-5H3,(H,28,32)/t14-/m0/s1. The monoisotopic (exact) mass is 534 g/mol. The number of aryl methyl sites for hydroxylation is 2. The Morgan fingerprint density at radius 3 is 2.47 bits per heavy atom. The van der Waals surface area contributed by atoms with Gasteiger partial charge in [0.1, 0.15) is 11.8 Å². The summed E-state index contributed by atoms with van der Waals surface area (Å²) < 4.78 is 25.1. The van der Waals surface area contributed by atoms with Crippen LogP contribution in [0.1, 0.15) is 67.8 Å². The number of rotatable bonds is 8. The molecule has 1 fully saturated rings. The van der Waals surface area contributed by atoms with E-state index in [9.17, 15) is 13.2 Å². The second kappa shape index (κ2) is 9.82. The van der Waals surface area contributed by atoms with Crippen molar-refractivity contribution in [3.05, 3.63) is 57.8 Å². The van der Waals surface area contributed by atoms with Crippen LogP contribution < -0.4 is 10.9 Å². The number of hydrogen-bond donors (Lipinski definition) is 1. The summed E-state index contributed by atoms with van der Waals surface area (Å²) in [7, 11) is -3.34. The van der Waals surface area contributed by atoms with Gasteiger partial charge in [0, 0.05) is 24.4 Å². The molecule has 11 nitrogen and oxygen atoms in total. The van der Waals surface area contributed by atoms with Gasteiger partial charge in [-0.3, -0.25) is 14.3 Å². The molecule has 0 unspecified atom stereocenters. The fourth-order valence-corrected chi connectivity index (χ4v) is 4.94. The average Bonchev–Trinajstić information content (AvgIpc) is 3.72. The number of anilines is 1. The van der Waals surface area contributed by atoms with E-state index in [1.54, 1.807) is 17.0 Å². The van der Waals surface area contributed by atoms with Gasteiger partial charge in [-0.25, -0.2) is 33.3 Å². The fourth-order valence-electron chi connectivity index (χ4n) is 4.38. The first kappa shape index (κ1) is 25.8. The molecule has 0 amide bonds. The van der Waals surface area contributed by atoms with Crippen molar-refractivity contribution in [2.75, 3.05) is 11.6 Å². The summed E-state index contributed by atoms with van der Waals surface area (Å²) >= 11 is 0. The Hall–Kier alpha value is -3.80. The Balaban J connectivity index is 1.59. The van der Waals surface area contributed by atoms with Gasteiger partial charge < -0.3 is 5.32 Å². The molecule has 4 aromatic rings. The van der Waals surface area contributed by atoms with Crippen molar-refractivity contribution in [2.24, 2.45) is 0 Å².